The van der Waals surface area contributed by atoms with Crippen LogP contribution in [0.15, 0.2) is 24.4 Å². The number of imidazole rings is 1. The van der Waals surface area contributed by atoms with E-state index in [2.05, 4.69) is 9.97 Å². The Labute approximate surface area is 133 Å². The van der Waals surface area contributed by atoms with E-state index < -0.39 is 11.6 Å². The van der Waals surface area contributed by atoms with Crippen molar-refractivity contribution >= 4 is 46.0 Å². The Morgan fingerprint density at radius 1 is 1.14 bits per heavy atom. The van der Waals surface area contributed by atoms with Crippen LogP contribution in [-0.4, -0.2) is 14.5 Å². The first-order valence-corrected chi connectivity index (χ1v) is 7.04. The summed E-state index contributed by atoms with van der Waals surface area (Å²) in [7, 11) is 0. The summed E-state index contributed by atoms with van der Waals surface area (Å²) in [6, 6.07) is 3.33. The maximum absolute atomic E-state index is 14.1. The van der Waals surface area contributed by atoms with E-state index in [0.717, 1.165) is 12.1 Å². The molecule has 8 heteroatoms. The molecule has 0 amide bonds. The van der Waals surface area contributed by atoms with E-state index in [1.54, 1.807) is 6.07 Å². The molecule has 0 atom stereocenters. The summed E-state index contributed by atoms with van der Waals surface area (Å²) in [6.45, 7) is 0. The molecule has 0 fully saturated rings. The number of hydrogen-bond donors (Lipinski definition) is 0. The van der Waals surface area contributed by atoms with E-state index in [0.29, 0.717) is 22.0 Å². The van der Waals surface area contributed by atoms with Gasteiger partial charge in [-0.2, -0.15) is 0 Å². The molecule has 1 aromatic carbocycles. The predicted molar refractivity (Wildman–Crippen MR) is 78.4 cm³/mol. The van der Waals surface area contributed by atoms with Crippen molar-refractivity contribution in [2.75, 3.05) is 0 Å². The Morgan fingerprint density at radius 2 is 1.90 bits per heavy atom. The molecule has 0 aliphatic carbocycles. The first-order valence-electron chi connectivity index (χ1n) is 5.75. The largest absolute Gasteiger partial charge is 0.275 e. The van der Waals surface area contributed by atoms with Crippen LogP contribution >= 0.6 is 34.8 Å². The van der Waals surface area contributed by atoms with E-state index in [1.807, 2.05) is 0 Å². The molecule has 0 bridgehead atoms. The van der Waals surface area contributed by atoms with E-state index in [9.17, 15) is 8.78 Å². The zero-order chi connectivity index (χ0) is 15.1. The molecule has 0 aliphatic heterocycles. The highest BCUT2D eigenvalue weighted by Gasteiger charge is 2.19. The van der Waals surface area contributed by atoms with E-state index >= 15 is 0 Å². The number of fused-ring (bicyclic) bond motifs is 1. The van der Waals surface area contributed by atoms with Gasteiger partial charge < -0.3 is 0 Å². The molecule has 0 unspecified atom stereocenters. The summed E-state index contributed by atoms with van der Waals surface area (Å²) < 4.78 is 28.7. The molecule has 108 valence electrons. The quantitative estimate of drug-likeness (QED) is 0.626. The predicted octanol–water partition coefficient (Wildman–Crippen LogP) is 4.74. The van der Waals surface area contributed by atoms with Crippen LogP contribution in [0.25, 0.3) is 16.9 Å². The van der Waals surface area contributed by atoms with Crippen LogP contribution in [0.5, 0.6) is 0 Å². The Morgan fingerprint density at radius 3 is 2.57 bits per heavy atom. The van der Waals surface area contributed by atoms with Crippen LogP contribution in [0.1, 0.15) is 5.82 Å². The van der Waals surface area contributed by atoms with Crippen LogP contribution in [0.3, 0.4) is 0 Å². The third-order valence-electron chi connectivity index (χ3n) is 2.86. The molecule has 0 aliphatic rings. The average molecular weight is 349 g/mol. The Kier molecular flexibility index (Phi) is 3.73. The Bertz CT molecular complexity index is 825. The highest BCUT2D eigenvalue weighted by Crippen LogP contribution is 2.30. The van der Waals surface area contributed by atoms with Gasteiger partial charge in [-0.15, -0.1) is 11.6 Å². The second-order valence-corrected chi connectivity index (χ2v) is 5.32. The minimum absolute atomic E-state index is 0.00112. The Hall–Kier alpha value is -1.43. The molecule has 3 rings (SSSR count). The highest BCUT2D eigenvalue weighted by molar-refractivity contribution is 6.32. The minimum atomic E-state index is -0.831. The summed E-state index contributed by atoms with van der Waals surface area (Å²) in [5.41, 5.74) is 0.728. The fraction of sp³-hybridized carbons (Fsp3) is 0.0769. The van der Waals surface area contributed by atoms with Crippen molar-refractivity contribution in [3.05, 3.63) is 51.9 Å². The third kappa shape index (κ3) is 2.46. The molecule has 0 spiro atoms. The SMILES string of the molecule is Fc1cc(F)c(-n2c(CCl)nc3cc(Cl)cnc32)c(Cl)c1. The maximum Gasteiger partial charge on any atom is 0.164 e. The van der Waals surface area contributed by atoms with Gasteiger partial charge >= 0.3 is 0 Å². The van der Waals surface area contributed by atoms with Crippen LogP contribution in [0.4, 0.5) is 8.78 Å². The molecular weight excluding hydrogens is 343 g/mol. The van der Waals surface area contributed by atoms with Crippen molar-refractivity contribution in [3.8, 4) is 5.69 Å². The van der Waals surface area contributed by atoms with Gasteiger partial charge in [0.15, 0.2) is 11.5 Å². The first kappa shape index (κ1) is 14.5. The van der Waals surface area contributed by atoms with E-state index in [-0.39, 0.29) is 16.6 Å². The molecular formula is C13H6Cl3F2N3. The van der Waals surface area contributed by atoms with E-state index in [4.69, 9.17) is 34.8 Å². The van der Waals surface area contributed by atoms with Gasteiger partial charge in [0.1, 0.15) is 22.8 Å². The summed E-state index contributed by atoms with van der Waals surface area (Å²) in [5, 5.41) is 0.286. The van der Waals surface area contributed by atoms with Gasteiger partial charge in [0, 0.05) is 12.3 Å². The molecule has 0 radical (unpaired) electrons. The minimum Gasteiger partial charge on any atom is -0.275 e. The van der Waals surface area contributed by atoms with Gasteiger partial charge in [0.05, 0.1) is 15.9 Å². The second kappa shape index (κ2) is 5.40. The van der Waals surface area contributed by atoms with Gasteiger partial charge in [-0.25, -0.2) is 18.7 Å². The molecule has 2 heterocycles. The number of hydrogen-bond acceptors (Lipinski definition) is 2. The smallest absolute Gasteiger partial charge is 0.164 e. The average Bonchev–Trinajstić information content (AvgIpc) is 2.75. The van der Waals surface area contributed by atoms with Crippen molar-refractivity contribution in [2.45, 2.75) is 5.88 Å². The van der Waals surface area contributed by atoms with Gasteiger partial charge in [0.2, 0.25) is 0 Å². The summed E-state index contributed by atoms with van der Waals surface area (Å²) in [5.74, 6) is -1.27. The molecule has 0 N–H and O–H groups in total. The Balaban J connectivity index is 2.39. The van der Waals surface area contributed by atoms with Crippen molar-refractivity contribution in [3.63, 3.8) is 0 Å². The number of nitrogens with zero attached hydrogens (tertiary/aromatic N) is 3. The van der Waals surface area contributed by atoms with Crippen LogP contribution in [0, 0.1) is 11.6 Å². The van der Waals surface area contributed by atoms with Crippen LogP contribution < -0.4 is 0 Å². The van der Waals surface area contributed by atoms with Crippen molar-refractivity contribution < 1.29 is 8.78 Å². The number of benzene rings is 1. The molecule has 0 saturated carbocycles. The summed E-state index contributed by atoms with van der Waals surface area (Å²) >= 11 is 17.7. The number of aromatic nitrogens is 3. The molecule has 3 nitrogen and oxygen atoms in total. The van der Waals surface area contributed by atoms with Crippen LogP contribution in [-0.2, 0) is 5.88 Å². The lowest BCUT2D eigenvalue weighted by Crippen LogP contribution is -2.04. The zero-order valence-corrected chi connectivity index (χ0v) is 12.5. The van der Waals surface area contributed by atoms with Crippen molar-refractivity contribution in [1.82, 2.24) is 14.5 Å². The monoisotopic (exact) mass is 347 g/mol. The molecule has 0 saturated heterocycles. The van der Waals surface area contributed by atoms with E-state index in [1.165, 1.54) is 10.8 Å². The molecule has 21 heavy (non-hydrogen) atoms. The van der Waals surface area contributed by atoms with Gasteiger partial charge in [-0.3, -0.25) is 4.57 Å². The van der Waals surface area contributed by atoms with Crippen molar-refractivity contribution in [1.29, 1.82) is 0 Å². The van der Waals surface area contributed by atoms with Gasteiger partial charge in [0.25, 0.3) is 0 Å². The normalized spacial score (nSPS) is 11.3. The lowest BCUT2D eigenvalue weighted by Gasteiger charge is -2.10. The fourth-order valence-corrected chi connectivity index (χ4v) is 2.67. The number of alkyl halides is 1. The fourth-order valence-electron chi connectivity index (χ4n) is 2.06. The molecule has 2 aromatic heterocycles. The summed E-state index contributed by atoms with van der Waals surface area (Å²) in [4.78, 5) is 8.36. The molecule has 3 aromatic rings. The number of rotatable bonds is 2. The second-order valence-electron chi connectivity index (χ2n) is 4.21. The number of halogens is 5. The lowest BCUT2D eigenvalue weighted by molar-refractivity contribution is 0.577. The number of pyridine rings is 1. The highest BCUT2D eigenvalue weighted by atomic mass is 35.5. The zero-order valence-electron chi connectivity index (χ0n) is 10.2. The van der Waals surface area contributed by atoms with Crippen molar-refractivity contribution in [2.24, 2.45) is 0 Å². The van der Waals surface area contributed by atoms with Gasteiger partial charge in [-0.05, 0) is 12.1 Å². The first-order chi connectivity index (χ1) is 10.0. The maximum atomic E-state index is 14.1. The third-order valence-corrected chi connectivity index (χ3v) is 3.59. The lowest BCUT2D eigenvalue weighted by atomic mass is 10.3. The summed E-state index contributed by atoms with van der Waals surface area (Å²) in [6.07, 6.45) is 1.40. The van der Waals surface area contributed by atoms with Crippen LogP contribution in [0.2, 0.25) is 10.0 Å². The van der Waals surface area contributed by atoms with Gasteiger partial charge in [-0.1, -0.05) is 23.2 Å². The topological polar surface area (TPSA) is 30.7 Å². The standard InChI is InChI=1S/C13H6Cl3F2N3/c14-4-11-20-10-1-6(15)5-19-13(10)21(11)12-8(16)2-7(17)3-9(12)18/h1-3,5H,4H2.